The van der Waals surface area contributed by atoms with Gasteiger partial charge in [-0.2, -0.15) is 0 Å². The fraction of sp³-hybridized carbons (Fsp3) is 0.571. The summed E-state index contributed by atoms with van der Waals surface area (Å²) in [6.07, 6.45) is 2.34. The zero-order chi connectivity index (χ0) is 12.3. The molecule has 1 aromatic rings. The summed E-state index contributed by atoms with van der Waals surface area (Å²) >= 11 is 0. The predicted octanol–water partition coefficient (Wildman–Crippen LogP) is 2.92. The summed E-state index contributed by atoms with van der Waals surface area (Å²) in [6.45, 7) is 6.91. The van der Waals surface area contributed by atoms with Gasteiger partial charge >= 0.3 is 0 Å². The molecule has 0 amide bonds. The Bertz CT molecular complexity index is 370. The number of anilines is 1. The molecular formula is C14H21FN2. The van der Waals surface area contributed by atoms with Gasteiger partial charge in [0.2, 0.25) is 0 Å². The molecule has 0 aliphatic carbocycles. The lowest BCUT2D eigenvalue weighted by Crippen LogP contribution is -2.26. The highest BCUT2D eigenvalue weighted by Gasteiger charge is 2.19. The lowest BCUT2D eigenvalue weighted by molar-refractivity contribution is 0.580. The molecule has 3 heteroatoms. The van der Waals surface area contributed by atoms with Crippen molar-refractivity contribution < 1.29 is 4.39 Å². The second kappa shape index (κ2) is 5.50. The van der Waals surface area contributed by atoms with Gasteiger partial charge in [-0.25, -0.2) is 4.39 Å². The number of hydrogen-bond acceptors (Lipinski definition) is 2. The number of para-hydroxylation sites is 1. The van der Waals surface area contributed by atoms with Crippen molar-refractivity contribution >= 4 is 5.69 Å². The standard InChI is InChI=1S/C14H21FN2/c1-11(2)16-10-12-6-5-7-13(15)14(12)17-8-3-4-9-17/h5-7,11,16H,3-4,8-10H2,1-2H3. The van der Waals surface area contributed by atoms with Gasteiger partial charge in [0, 0.05) is 25.7 Å². The zero-order valence-electron chi connectivity index (χ0n) is 10.7. The zero-order valence-corrected chi connectivity index (χ0v) is 10.7. The van der Waals surface area contributed by atoms with Crippen LogP contribution in [0.1, 0.15) is 32.3 Å². The number of hydrogen-bond donors (Lipinski definition) is 1. The first-order chi connectivity index (χ1) is 8.18. The van der Waals surface area contributed by atoms with Crippen LogP contribution in [0.3, 0.4) is 0 Å². The first-order valence-corrected chi connectivity index (χ1v) is 6.44. The minimum absolute atomic E-state index is 0.0880. The van der Waals surface area contributed by atoms with Gasteiger partial charge in [0.05, 0.1) is 5.69 Å². The van der Waals surface area contributed by atoms with Crippen LogP contribution in [0.5, 0.6) is 0 Å². The summed E-state index contributed by atoms with van der Waals surface area (Å²) in [7, 11) is 0. The second-order valence-corrected chi connectivity index (χ2v) is 4.98. The SMILES string of the molecule is CC(C)NCc1cccc(F)c1N1CCCC1. The summed E-state index contributed by atoms with van der Waals surface area (Å²) in [4.78, 5) is 2.17. The van der Waals surface area contributed by atoms with Gasteiger partial charge in [-0.3, -0.25) is 0 Å². The summed E-state index contributed by atoms with van der Waals surface area (Å²) in [6, 6.07) is 5.80. The van der Waals surface area contributed by atoms with Crippen LogP contribution in [0, 0.1) is 5.82 Å². The van der Waals surface area contributed by atoms with E-state index in [1.54, 1.807) is 12.1 Å². The van der Waals surface area contributed by atoms with Crippen LogP contribution in [-0.4, -0.2) is 19.1 Å². The Morgan fingerprint density at radius 3 is 2.65 bits per heavy atom. The Balaban J connectivity index is 2.21. The van der Waals surface area contributed by atoms with E-state index in [9.17, 15) is 4.39 Å². The fourth-order valence-electron chi connectivity index (χ4n) is 2.31. The molecule has 0 radical (unpaired) electrons. The van der Waals surface area contributed by atoms with Crippen LogP contribution < -0.4 is 10.2 Å². The molecule has 1 saturated heterocycles. The van der Waals surface area contributed by atoms with E-state index in [0.29, 0.717) is 6.04 Å². The lowest BCUT2D eigenvalue weighted by Gasteiger charge is -2.22. The van der Waals surface area contributed by atoms with Crippen molar-refractivity contribution in [3.63, 3.8) is 0 Å². The molecule has 2 rings (SSSR count). The molecule has 1 fully saturated rings. The molecule has 0 atom stereocenters. The Labute approximate surface area is 103 Å². The van der Waals surface area contributed by atoms with Crippen LogP contribution in [0.25, 0.3) is 0 Å². The minimum Gasteiger partial charge on any atom is -0.369 e. The molecule has 94 valence electrons. The molecule has 2 nitrogen and oxygen atoms in total. The molecule has 0 aromatic heterocycles. The van der Waals surface area contributed by atoms with Crippen molar-refractivity contribution in [3.8, 4) is 0 Å². The maximum absolute atomic E-state index is 14.0. The van der Waals surface area contributed by atoms with Crippen molar-refractivity contribution in [1.82, 2.24) is 5.32 Å². The van der Waals surface area contributed by atoms with Crippen LogP contribution >= 0.6 is 0 Å². The number of benzene rings is 1. The van der Waals surface area contributed by atoms with Crippen molar-refractivity contribution in [2.75, 3.05) is 18.0 Å². The predicted molar refractivity (Wildman–Crippen MR) is 69.8 cm³/mol. The molecule has 17 heavy (non-hydrogen) atoms. The van der Waals surface area contributed by atoms with E-state index in [1.165, 1.54) is 12.8 Å². The van der Waals surface area contributed by atoms with Gasteiger partial charge in [0.1, 0.15) is 5.82 Å². The van der Waals surface area contributed by atoms with Gasteiger partial charge in [0.15, 0.2) is 0 Å². The Morgan fingerprint density at radius 2 is 2.00 bits per heavy atom. The summed E-state index contributed by atoms with van der Waals surface area (Å²) < 4.78 is 14.0. The van der Waals surface area contributed by atoms with Crippen molar-refractivity contribution in [2.24, 2.45) is 0 Å². The van der Waals surface area contributed by atoms with E-state index in [-0.39, 0.29) is 5.82 Å². The van der Waals surface area contributed by atoms with E-state index >= 15 is 0 Å². The summed E-state index contributed by atoms with van der Waals surface area (Å²) in [5.41, 5.74) is 1.87. The van der Waals surface area contributed by atoms with Crippen molar-refractivity contribution in [2.45, 2.75) is 39.3 Å². The van der Waals surface area contributed by atoms with Crippen LogP contribution in [-0.2, 0) is 6.54 Å². The number of rotatable bonds is 4. The number of nitrogens with one attached hydrogen (secondary N) is 1. The molecule has 0 spiro atoms. The average molecular weight is 236 g/mol. The second-order valence-electron chi connectivity index (χ2n) is 4.98. The van der Waals surface area contributed by atoms with E-state index in [0.717, 1.165) is 30.9 Å². The molecule has 1 aliphatic heterocycles. The Hall–Kier alpha value is -1.09. The lowest BCUT2D eigenvalue weighted by atomic mass is 10.1. The van der Waals surface area contributed by atoms with Crippen LogP contribution in [0.4, 0.5) is 10.1 Å². The fourth-order valence-corrected chi connectivity index (χ4v) is 2.31. The quantitative estimate of drug-likeness (QED) is 0.864. The topological polar surface area (TPSA) is 15.3 Å². The van der Waals surface area contributed by atoms with E-state index in [4.69, 9.17) is 0 Å². The van der Waals surface area contributed by atoms with Gasteiger partial charge < -0.3 is 10.2 Å². The molecular weight excluding hydrogens is 215 g/mol. The molecule has 1 aromatic carbocycles. The smallest absolute Gasteiger partial charge is 0.146 e. The Kier molecular flexibility index (Phi) is 4.00. The molecule has 1 aliphatic rings. The van der Waals surface area contributed by atoms with Crippen LogP contribution in [0.2, 0.25) is 0 Å². The average Bonchev–Trinajstić information content (AvgIpc) is 2.79. The third-order valence-electron chi connectivity index (χ3n) is 3.19. The van der Waals surface area contributed by atoms with Crippen molar-refractivity contribution in [3.05, 3.63) is 29.6 Å². The molecule has 1 N–H and O–H groups in total. The van der Waals surface area contributed by atoms with Crippen molar-refractivity contribution in [1.29, 1.82) is 0 Å². The maximum atomic E-state index is 14.0. The highest BCUT2D eigenvalue weighted by atomic mass is 19.1. The highest BCUT2D eigenvalue weighted by molar-refractivity contribution is 5.55. The van der Waals surface area contributed by atoms with Crippen LogP contribution in [0.15, 0.2) is 18.2 Å². The Morgan fingerprint density at radius 1 is 1.29 bits per heavy atom. The first-order valence-electron chi connectivity index (χ1n) is 6.44. The van der Waals surface area contributed by atoms with E-state index in [1.807, 2.05) is 6.07 Å². The summed E-state index contributed by atoms with van der Waals surface area (Å²) in [5.74, 6) is -0.0880. The van der Waals surface area contributed by atoms with Gasteiger partial charge in [0.25, 0.3) is 0 Å². The number of nitrogens with zero attached hydrogens (tertiary/aromatic N) is 1. The van der Waals surface area contributed by atoms with Gasteiger partial charge in [-0.15, -0.1) is 0 Å². The first kappa shape index (κ1) is 12.4. The van der Waals surface area contributed by atoms with E-state index in [2.05, 4.69) is 24.1 Å². The largest absolute Gasteiger partial charge is 0.369 e. The van der Waals surface area contributed by atoms with Gasteiger partial charge in [-0.1, -0.05) is 26.0 Å². The third kappa shape index (κ3) is 2.97. The maximum Gasteiger partial charge on any atom is 0.146 e. The van der Waals surface area contributed by atoms with E-state index < -0.39 is 0 Å². The molecule has 0 unspecified atom stereocenters. The third-order valence-corrected chi connectivity index (χ3v) is 3.19. The molecule has 1 heterocycles. The molecule has 0 saturated carbocycles. The van der Waals surface area contributed by atoms with Gasteiger partial charge in [-0.05, 0) is 24.5 Å². The minimum atomic E-state index is -0.0880. The summed E-state index contributed by atoms with van der Waals surface area (Å²) in [5, 5.41) is 3.36. The monoisotopic (exact) mass is 236 g/mol. The molecule has 0 bridgehead atoms. The highest BCUT2D eigenvalue weighted by Crippen LogP contribution is 2.27. The normalized spacial score (nSPS) is 15.9. The number of halogens is 1.